The molecule has 0 bridgehead atoms. The van der Waals surface area contributed by atoms with Gasteiger partial charge in [-0.1, -0.05) is 0 Å². The van der Waals surface area contributed by atoms with Gasteiger partial charge in [-0.3, -0.25) is 4.79 Å². The average Bonchev–Trinajstić information content (AvgIpc) is 2.15. The Morgan fingerprint density at radius 3 is 1.22 bits per heavy atom. The molecule has 12 heteroatoms. The number of hydrogen-bond donors (Lipinski definition) is 1. The van der Waals surface area contributed by atoms with E-state index in [0.29, 0.717) is 0 Å². The molecule has 0 heterocycles. The quantitative estimate of drug-likeness (QED) is 0.642. The molecule has 0 unspecified atom stereocenters. The third-order valence-electron chi connectivity index (χ3n) is 1.13. The van der Waals surface area contributed by atoms with Gasteiger partial charge in [-0.05, 0) is 0 Å². The smallest absolute Gasteiger partial charge is 0.331 e. The number of alkyl halides is 10. The van der Waals surface area contributed by atoms with E-state index in [9.17, 15) is 43.9 Å². The van der Waals surface area contributed by atoms with Crippen molar-refractivity contribution in [3.8, 4) is 0 Å². The van der Waals surface area contributed by atoms with Crippen LogP contribution in [0, 0.1) is 0 Å². The number of aldehydes is 1. The van der Waals surface area contributed by atoms with Crippen LogP contribution in [0.1, 0.15) is 0 Å². The molecule has 1 N–H and O–H groups in total. The molecule has 0 aromatic heterocycles. The standard InChI is InChI=1S/C3HF5O.C3H3F5O/c4-2(5,1-9)3(6,7)8;4-1-2(5,6)3(7,8)9/h1H;9H,1H2. The molecule has 0 saturated carbocycles. The van der Waals surface area contributed by atoms with Crippen LogP contribution in [0.15, 0.2) is 0 Å². The minimum absolute atomic E-state index is 1.44. The van der Waals surface area contributed by atoms with E-state index in [2.05, 4.69) is 0 Å². The minimum atomic E-state index is -5.76. The van der Waals surface area contributed by atoms with Gasteiger partial charge in [-0.25, -0.2) is 4.39 Å². The molecule has 0 aliphatic carbocycles. The van der Waals surface area contributed by atoms with Gasteiger partial charge in [-0.15, -0.1) is 0 Å². The summed E-state index contributed by atoms with van der Waals surface area (Å²) in [6.07, 6.45) is -12.5. The molecule has 0 spiro atoms. The summed E-state index contributed by atoms with van der Waals surface area (Å²) in [7, 11) is 0. The van der Waals surface area contributed by atoms with Crippen molar-refractivity contribution in [3.05, 3.63) is 0 Å². The van der Waals surface area contributed by atoms with Crippen LogP contribution < -0.4 is 0 Å². The van der Waals surface area contributed by atoms with Gasteiger partial charge in [-0.2, -0.15) is 39.5 Å². The van der Waals surface area contributed by atoms with Crippen molar-refractivity contribution in [2.24, 2.45) is 0 Å². The number of carbonyl (C=O) groups is 1. The Hall–Kier alpha value is -1.07. The van der Waals surface area contributed by atoms with E-state index >= 15 is 0 Å². The van der Waals surface area contributed by atoms with Crippen molar-refractivity contribution >= 4 is 6.29 Å². The molecule has 0 atom stereocenters. The number of halogens is 10. The normalized spacial score (nSPS) is 13.7. The first-order chi connectivity index (χ1) is 7.62. The van der Waals surface area contributed by atoms with E-state index < -0.39 is 37.1 Å². The topological polar surface area (TPSA) is 37.3 Å². The molecule has 0 aromatic carbocycles. The fraction of sp³-hybridized carbons (Fsp3) is 0.833. The second-order valence-electron chi connectivity index (χ2n) is 2.62. The zero-order valence-corrected chi connectivity index (χ0v) is 7.92. The summed E-state index contributed by atoms with van der Waals surface area (Å²) in [6.45, 7) is -2.57. The second-order valence-corrected chi connectivity index (χ2v) is 2.62. The van der Waals surface area contributed by atoms with Gasteiger partial charge in [0.1, 0.15) is 0 Å². The van der Waals surface area contributed by atoms with Gasteiger partial charge in [0.05, 0.1) is 0 Å². The SMILES string of the molecule is O=CC(F)(F)C(F)(F)F.OC(F)(F)C(F)(F)CF. The average molecular weight is 298 g/mol. The lowest BCUT2D eigenvalue weighted by Gasteiger charge is -2.16. The zero-order valence-electron chi connectivity index (χ0n) is 7.92. The highest BCUT2D eigenvalue weighted by molar-refractivity contribution is 5.60. The van der Waals surface area contributed by atoms with Crippen molar-refractivity contribution in [1.82, 2.24) is 0 Å². The first-order valence-electron chi connectivity index (χ1n) is 3.57. The third kappa shape index (κ3) is 5.51. The van der Waals surface area contributed by atoms with Crippen molar-refractivity contribution in [1.29, 1.82) is 0 Å². The molecule has 18 heavy (non-hydrogen) atoms. The molecular weight excluding hydrogens is 294 g/mol. The number of carbonyl (C=O) groups excluding carboxylic acids is 1. The Balaban J connectivity index is 0. The molecule has 2 nitrogen and oxygen atoms in total. The van der Waals surface area contributed by atoms with Crippen LogP contribution in [0.5, 0.6) is 0 Å². The van der Waals surface area contributed by atoms with Gasteiger partial charge in [0.25, 0.3) is 0 Å². The summed E-state index contributed by atoms with van der Waals surface area (Å²) in [5, 5.41) is 7.22. The number of rotatable bonds is 3. The summed E-state index contributed by atoms with van der Waals surface area (Å²) >= 11 is 0. The molecule has 0 rings (SSSR count). The monoisotopic (exact) mass is 298 g/mol. The Morgan fingerprint density at radius 2 is 1.22 bits per heavy atom. The summed E-state index contributed by atoms with van der Waals surface area (Å²) in [6, 6.07) is 0. The van der Waals surface area contributed by atoms with Crippen LogP contribution in [0.3, 0.4) is 0 Å². The zero-order chi connectivity index (χ0) is 15.4. The molecule has 0 aromatic rings. The van der Waals surface area contributed by atoms with Crippen molar-refractivity contribution in [2.45, 2.75) is 24.1 Å². The maximum absolute atomic E-state index is 11.3. The van der Waals surface area contributed by atoms with E-state index in [0.717, 1.165) is 0 Å². The van der Waals surface area contributed by atoms with Crippen molar-refractivity contribution in [3.63, 3.8) is 0 Å². The largest absolute Gasteiger partial charge is 0.460 e. The first-order valence-corrected chi connectivity index (χ1v) is 3.57. The highest BCUT2D eigenvalue weighted by Gasteiger charge is 2.57. The fourth-order valence-corrected chi connectivity index (χ4v) is 0.147. The maximum atomic E-state index is 11.3. The number of aliphatic hydroxyl groups is 1. The van der Waals surface area contributed by atoms with Gasteiger partial charge in [0.2, 0.25) is 0 Å². The minimum Gasteiger partial charge on any atom is -0.331 e. The summed E-state index contributed by atoms with van der Waals surface area (Å²) in [5.74, 6) is -10.2. The first kappa shape index (κ1) is 19.3. The molecule has 0 fully saturated rings. The van der Waals surface area contributed by atoms with Crippen LogP contribution >= 0.6 is 0 Å². The van der Waals surface area contributed by atoms with E-state index in [1.165, 1.54) is 0 Å². The van der Waals surface area contributed by atoms with E-state index in [1.54, 1.807) is 0 Å². The fourth-order valence-electron chi connectivity index (χ4n) is 0.147. The summed E-state index contributed by atoms with van der Waals surface area (Å²) in [5.41, 5.74) is 0. The maximum Gasteiger partial charge on any atom is 0.460 e. The molecule has 0 radical (unpaired) electrons. The van der Waals surface area contributed by atoms with Crippen LogP contribution in [0.2, 0.25) is 0 Å². The molecule has 0 saturated heterocycles. The highest BCUT2D eigenvalue weighted by atomic mass is 19.4. The van der Waals surface area contributed by atoms with E-state index in [4.69, 9.17) is 9.90 Å². The number of hydrogen-bond acceptors (Lipinski definition) is 2. The Morgan fingerprint density at radius 1 is 0.889 bits per heavy atom. The molecule has 0 aliphatic rings. The lowest BCUT2D eigenvalue weighted by Crippen LogP contribution is -2.41. The molecule has 0 amide bonds. The highest BCUT2D eigenvalue weighted by Crippen LogP contribution is 2.33. The lowest BCUT2D eigenvalue weighted by molar-refractivity contribution is -0.328. The molecule has 0 aliphatic heterocycles. The van der Waals surface area contributed by atoms with E-state index in [1.807, 2.05) is 0 Å². The summed E-state index contributed by atoms with van der Waals surface area (Å²) < 4.78 is 110. The lowest BCUT2D eigenvalue weighted by atomic mass is 10.3. The van der Waals surface area contributed by atoms with Gasteiger partial charge < -0.3 is 5.11 Å². The van der Waals surface area contributed by atoms with Crippen molar-refractivity contribution in [2.75, 3.05) is 6.67 Å². The predicted molar refractivity (Wildman–Crippen MR) is 35.2 cm³/mol. The molecule has 110 valence electrons. The van der Waals surface area contributed by atoms with Gasteiger partial charge in [0.15, 0.2) is 13.0 Å². The third-order valence-corrected chi connectivity index (χ3v) is 1.13. The van der Waals surface area contributed by atoms with Crippen LogP contribution in [0.4, 0.5) is 43.9 Å². The van der Waals surface area contributed by atoms with Gasteiger partial charge >= 0.3 is 24.1 Å². The predicted octanol–water partition coefficient (Wildman–Crippen LogP) is 2.56. The van der Waals surface area contributed by atoms with Crippen LogP contribution in [0.25, 0.3) is 0 Å². The van der Waals surface area contributed by atoms with E-state index in [-0.39, 0.29) is 0 Å². The van der Waals surface area contributed by atoms with Crippen LogP contribution in [-0.4, -0.2) is 42.2 Å². The van der Waals surface area contributed by atoms with Gasteiger partial charge in [0, 0.05) is 0 Å². The second kappa shape index (κ2) is 5.71. The summed E-state index contributed by atoms with van der Waals surface area (Å²) in [4.78, 5) is 9.00. The van der Waals surface area contributed by atoms with Crippen LogP contribution in [-0.2, 0) is 4.79 Å². The molecular formula is C6H4F10O2. The Bertz CT molecular complexity index is 265. The van der Waals surface area contributed by atoms with Crippen molar-refractivity contribution < 1.29 is 53.8 Å². The Labute approximate surface area is 92.2 Å². The Kier molecular flexibility index (Phi) is 6.12.